The summed E-state index contributed by atoms with van der Waals surface area (Å²) in [5.74, 6) is -0.394. The van der Waals surface area contributed by atoms with Gasteiger partial charge in [-0.05, 0) is 46.5 Å². The summed E-state index contributed by atoms with van der Waals surface area (Å²) in [6.07, 6.45) is 1.11. The summed E-state index contributed by atoms with van der Waals surface area (Å²) in [5.41, 5.74) is 2.09. The van der Waals surface area contributed by atoms with Crippen LogP contribution in [0.3, 0.4) is 0 Å². The Morgan fingerprint density at radius 3 is 1.61 bits per heavy atom. The minimum atomic E-state index is -3.30. The molecule has 0 amide bonds. The van der Waals surface area contributed by atoms with Crippen LogP contribution in [0.5, 0.6) is 0 Å². The molecule has 0 saturated carbocycles. The first-order valence-corrected chi connectivity index (χ1v) is 8.76. The van der Waals surface area contributed by atoms with E-state index in [0.717, 1.165) is 6.26 Å². The van der Waals surface area contributed by atoms with Crippen molar-refractivity contribution in [1.82, 2.24) is 0 Å². The molecule has 2 N–H and O–H groups in total. The third kappa shape index (κ3) is 4.04. The molecule has 2 aromatic rings. The summed E-state index contributed by atoms with van der Waals surface area (Å²) in [6.45, 7) is -0.680. The van der Waals surface area contributed by atoms with Crippen molar-refractivity contribution < 1.29 is 23.0 Å². The van der Waals surface area contributed by atoms with Gasteiger partial charge in [0.25, 0.3) is 0 Å². The van der Waals surface area contributed by atoms with Gasteiger partial charge >= 0.3 is 0 Å². The van der Waals surface area contributed by atoms with E-state index < -0.39 is 15.7 Å². The molecule has 0 bridgehead atoms. The molecule has 0 spiro atoms. The Morgan fingerprint density at radius 1 is 0.870 bits per heavy atom. The van der Waals surface area contributed by atoms with Gasteiger partial charge in [-0.2, -0.15) is 0 Å². The van der Waals surface area contributed by atoms with Gasteiger partial charge < -0.3 is 10.2 Å². The van der Waals surface area contributed by atoms with Gasteiger partial charge in [-0.15, -0.1) is 0 Å². The average molecular weight is 336 g/mol. The van der Waals surface area contributed by atoms with E-state index in [0.29, 0.717) is 22.3 Å². The lowest BCUT2D eigenvalue weighted by Gasteiger charge is -2.13. The van der Waals surface area contributed by atoms with Crippen LogP contribution in [0, 0.1) is 5.82 Å². The van der Waals surface area contributed by atoms with Gasteiger partial charge in [-0.25, -0.2) is 12.8 Å². The standard InChI is InChI=1S/C17H17FO4S/c1-23(21,22)15-8-4-13(5-9-15)17(11-20)16(10-19)12-2-6-14(18)7-3-12/h2-9,19-20H,10-11H2,1H3/b17-16+. The molecule has 0 radical (unpaired) electrons. The molecule has 2 aromatic carbocycles. The summed E-state index contributed by atoms with van der Waals surface area (Å²) in [5, 5.41) is 19.3. The molecule has 0 unspecified atom stereocenters. The predicted molar refractivity (Wildman–Crippen MR) is 86.9 cm³/mol. The molecular weight excluding hydrogens is 319 g/mol. The third-order valence-corrected chi connectivity index (χ3v) is 4.63. The van der Waals surface area contributed by atoms with Gasteiger partial charge in [-0.1, -0.05) is 24.3 Å². The molecule has 0 aliphatic carbocycles. The Balaban J connectivity index is 2.53. The topological polar surface area (TPSA) is 74.6 Å². The molecule has 0 aromatic heterocycles. The Labute approximate surface area is 134 Å². The van der Waals surface area contributed by atoms with Crippen molar-refractivity contribution in [3.05, 3.63) is 65.5 Å². The summed E-state index contributed by atoms with van der Waals surface area (Å²) >= 11 is 0. The lowest BCUT2D eigenvalue weighted by molar-refractivity contribution is 0.340. The number of hydrogen-bond donors (Lipinski definition) is 2. The van der Waals surface area contributed by atoms with E-state index in [2.05, 4.69) is 0 Å². The molecule has 2 rings (SSSR count). The monoisotopic (exact) mass is 336 g/mol. The van der Waals surface area contributed by atoms with Crippen LogP contribution in [0.4, 0.5) is 4.39 Å². The third-order valence-electron chi connectivity index (χ3n) is 3.50. The first-order chi connectivity index (χ1) is 10.9. The highest BCUT2D eigenvalue weighted by Crippen LogP contribution is 2.27. The van der Waals surface area contributed by atoms with Crippen LogP contribution in [0.15, 0.2) is 53.4 Å². The SMILES string of the molecule is CS(=O)(=O)c1ccc(/C(CO)=C(\CO)c2ccc(F)cc2)cc1. The van der Waals surface area contributed by atoms with E-state index in [9.17, 15) is 23.0 Å². The maximum atomic E-state index is 13.0. The van der Waals surface area contributed by atoms with Crippen LogP contribution >= 0.6 is 0 Å². The van der Waals surface area contributed by atoms with E-state index in [1.807, 2.05) is 0 Å². The Morgan fingerprint density at radius 2 is 1.26 bits per heavy atom. The first-order valence-electron chi connectivity index (χ1n) is 6.87. The second-order valence-electron chi connectivity index (χ2n) is 5.08. The largest absolute Gasteiger partial charge is 0.392 e. The van der Waals surface area contributed by atoms with Crippen molar-refractivity contribution in [1.29, 1.82) is 0 Å². The van der Waals surface area contributed by atoms with Crippen molar-refractivity contribution in [2.45, 2.75) is 4.90 Å². The van der Waals surface area contributed by atoms with Crippen LogP contribution in [0.25, 0.3) is 11.1 Å². The fraction of sp³-hybridized carbons (Fsp3) is 0.176. The summed E-state index contributed by atoms with van der Waals surface area (Å²) < 4.78 is 36.0. The number of benzene rings is 2. The average Bonchev–Trinajstić information content (AvgIpc) is 2.53. The van der Waals surface area contributed by atoms with Gasteiger partial charge in [0.1, 0.15) is 5.82 Å². The van der Waals surface area contributed by atoms with Crippen LogP contribution in [-0.2, 0) is 9.84 Å². The number of aliphatic hydroxyl groups is 2. The number of sulfone groups is 1. The molecule has 122 valence electrons. The molecule has 4 nitrogen and oxygen atoms in total. The normalized spacial score (nSPS) is 12.9. The Hall–Kier alpha value is -2.02. The second-order valence-corrected chi connectivity index (χ2v) is 7.09. The van der Waals surface area contributed by atoms with E-state index in [1.54, 1.807) is 12.1 Å². The van der Waals surface area contributed by atoms with E-state index >= 15 is 0 Å². The maximum absolute atomic E-state index is 13.0. The van der Waals surface area contributed by atoms with Gasteiger partial charge in [-0.3, -0.25) is 0 Å². The van der Waals surface area contributed by atoms with E-state index in [-0.39, 0.29) is 18.1 Å². The summed E-state index contributed by atoms with van der Waals surface area (Å²) in [4.78, 5) is 0.172. The lowest BCUT2D eigenvalue weighted by atomic mass is 9.95. The maximum Gasteiger partial charge on any atom is 0.175 e. The molecule has 0 aliphatic heterocycles. The van der Waals surface area contributed by atoms with Crippen LogP contribution in [0.2, 0.25) is 0 Å². The fourth-order valence-electron chi connectivity index (χ4n) is 2.28. The second kappa shape index (κ2) is 7.04. The molecule has 0 saturated heterocycles. The molecule has 0 fully saturated rings. The zero-order valence-corrected chi connectivity index (χ0v) is 13.3. The van der Waals surface area contributed by atoms with Crippen molar-refractivity contribution in [3.63, 3.8) is 0 Å². The highest BCUT2D eigenvalue weighted by atomic mass is 32.2. The van der Waals surface area contributed by atoms with Crippen molar-refractivity contribution in [2.75, 3.05) is 19.5 Å². The van der Waals surface area contributed by atoms with Gasteiger partial charge in [0, 0.05) is 6.26 Å². The Bertz CT molecular complexity index is 807. The van der Waals surface area contributed by atoms with Gasteiger partial charge in [0.05, 0.1) is 18.1 Å². The first kappa shape index (κ1) is 17.3. The fourth-order valence-corrected chi connectivity index (χ4v) is 2.91. The van der Waals surface area contributed by atoms with Crippen molar-refractivity contribution in [2.24, 2.45) is 0 Å². The molecule has 6 heteroatoms. The quantitative estimate of drug-likeness (QED) is 0.820. The van der Waals surface area contributed by atoms with Crippen molar-refractivity contribution in [3.8, 4) is 0 Å². The molecule has 0 heterocycles. The van der Waals surface area contributed by atoms with Gasteiger partial charge in [0.2, 0.25) is 0 Å². The smallest absolute Gasteiger partial charge is 0.175 e. The van der Waals surface area contributed by atoms with Gasteiger partial charge in [0.15, 0.2) is 9.84 Å². The highest BCUT2D eigenvalue weighted by Gasteiger charge is 2.12. The number of halogens is 1. The summed E-state index contributed by atoms with van der Waals surface area (Å²) in [6, 6.07) is 11.6. The predicted octanol–water partition coefficient (Wildman–Crippen LogP) is 2.12. The number of rotatable bonds is 5. The summed E-state index contributed by atoms with van der Waals surface area (Å²) in [7, 11) is -3.30. The Kier molecular flexibility index (Phi) is 5.30. The highest BCUT2D eigenvalue weighted by molar-refractivity contribution is 7.90. The van der Waals surface area contributed by atoms with Crippen molar-refractivity contribution >= 4 is 21.0 Å². The van der Waals surface area contributed by atoms with Crippen LogP contribution in [-0.4, -0.2) is 38.1 Å². The number of aliphatic hydroxyl groups excluding tert-OH is 2. The molecule has 23 heavy (non-hydrogen) atoms. The minimum Gasteiger partial charge on any atom is -0.392 e. The zero-order valence-electron chi connectivity index (χ0n) is 12.5. The van der Waals surface area contributed by atoms with E-state index in [4.69, 9.17) is 0 Å². The lowest BCUT2D eigenvalue weighted by Crippen LogP contribution is -2.02. The zero-order chi connectivity index (χ0) is 17.0. The molecular formula is C17H17FO4S. The number of hydrogen-bond acceptors (Lipinski definition) is 4. The molecule has 0 aliphatic rings. The molecule has 0 atom stereocenters. The van der Waals surface area contributed by atoms with Crippen LogP contribution < -0.4 is 0 Å². The van der Waals surface area contributed by atoms with E-state index in [1.165, 1.54) is 36.4 Å². The minimum absolute atomic E-state index is 0.172. The van der Waals surface area contributed by atoms with Crippen LogP contribution in [0.1, 0.15) is 11.1 Å².